The third kappa shape index (κ3) is 6.07. The molecule has 0 fully saturated rings. The largest absolute Gasteiger partial charge is 0.469 e. The maximum Gasteiger partial charge on any atom is 0.338 e. The molecule has 0 unspecified atom stereocenters. The van der Waals surface area contributed by atoms with E-state index in [1.54, 1.807) is 18.2 Å². The minimum atomic E-state index is -0.443. The van der Waals surface area contributed by atoms with E-state index in [-0.39, 0.29) is 18.7 Å². The first-order chi connectivity index (χ1) is 10.1. The molecule has 0 spiro atoms. The Hall–Kier alpha value is -2.37. The lowest BCUT2D eigenvalue weighted by molar-refractivity contribution is -0.141. The first-order valence-electron chi connectivity index (χ1n) is 6.70. The lowest BCUT2D eigenvalue weighted by Crippen LogP contribution is -2.14. The van der Waals surface area contributed by atoms with Crippen molar-refractivity contribution < 1.29 is 23.9 Å². The summed E-state index contributed by atoms with van der Waals surface area (Å²) in [4.78, 5) is 34.3. The Morgan fingerprint density at radius 3 is 2.62 bits per heavy atom. The first-order valence-corrected chi connectivity index (χ1v) is 6.70. The predicted molar refractivity (Wildman–Crippen MR) is 76.9 cm³/mol. The third-order valence-electron chi connectivity index (χ3n) is 2.60. The molecule has 114 valence electrons. The highest BCUT2D eigenvalue weighted by Crippen LogP contribution is 2.12. The van der Waals surface area contributed by atoms with Gasteiger partial charge in [0.05, 0.1) is 25.7 Å². The normalized spacial score (nSPS) is 9.81. The molecule has 1 amide bonds. The zero-order valence-corrected chi connectivity index (χ0v) is 12.2. The molecule has 0 aromatic heterocycles. The zero-order valence-electron chi connectivity index (χ0n) is 12.2. The molecule has 0 bridgehead atoms. The second-order valence-corrected chi connectivity index (χ2v) is 4.34. The van der Waals surface area contributed by atoms with Crippen LogP contribution < -0.4 is 5.32 Å². The Morgan fingerprint density at radius 2 is 1.95 bits per heavy atom. The molecule has 0 aliphatic carbocycles. The average Bonchev–Trinajstić information content (AvgIpc) is 2.50. The molecule has 21 heavy (non-hydrogen) atoms. The van der Waals surface area contributed by atoms with Gasteiger partial charge >= 0.3 is 11.9 Å². The second-order valence-electron chi connectivity index (χ2n) is 4.34. The monoisotopic (exact) mass is 293 g/mol. The quantitative estimate of drug-likeness (QED) is 0.779. The van der Waals surface area contributed by atoms with Crippen LogP contribution in [0.1, 0.15) is 36.5 Å². The fraction of sp³-hybridized carbons (Fsp3) is 0.400. The molecule has 0 atom stereocenters. The molecule has 0 aliphatic heterocycles. The van der Waals surface area contributed by atoms with Gasteiger partial charge in [0.1, 0.15) is 0 Å². The summed E-state index contributed by atoms with van der Waals surface area (Å²) < 4.78 is 9.48. The van der Waals surface area contributed by atoms with Crippen LogP contribution in [0.2, 0.25) is 0 Å². The maximum atomic E-state index is 11.7. The van der Waals surface area contributed by atoms with Gasteiger partial charge in [-0.1, -0.05) is 13.0 Å². The molecule has 0 radical (unpaired) electrons. The van der Waals surface area contributed by atoms with E-state index >= 15 is 0 Å². The highest BCUT2D eigenvalue weighted by Gasteiger charge is 2.10. The lowest BCUT2D eigenvalue weighted by Gasteiger charge is -2.07. The minimum absolute atomic E-state index is 0.0145. The smallest absolute Gasteiger partial charge is 0.338 e. The fourth-order valence-corrected chi connectivity index (χ4v) is 1.54. The number of carbonyl (C=O) groups is 3. The summed E-state index contributed by atoms with van der Waals surface area (Å²) in [5.41, 5.74) is 0.852. The maximum absolute atomic E-state index is 11.7. The second kappa shape index (κ2) is 8.73. The van der Waals surface area contributed by atoms with Crippen molar-refractivity contribution in [3.8, 4) is 0 Å². The van der Waals surface area contributed by atoms with E-state index in [2.05, 4.69) is 10.1 Å². The summed E-state index contributed by atoms with van der Waals surface area (Å²) in [6, 6.07) is 6.46. The Balaban J connectivity index is 2.57. The van der Waals surface area contributed by atoms with Gasteiger partial charge in [0.15, 0.2) is 0 Å². The Labute approximate surface area is 123 Å². The van der Waals surface area contributed by atoms with Crippen molar-refractivity contribution in [3.05, 3.63) is 29.8 Å². The number of nitrogens with one attached hydrogen (secondary N) is 1. The Bertz CT molecular complexity index is 513. The van der Waals surface area contributed by atoms with Crippen LogP contribution in [0.5, 0.6) is 0 Å². The van der Waals surface area contributed by atoms with E-state index in [0.29, 0.717) is 17.9 Å². The van der Waals surface area contributed by atoms with E-state index in [4.69, 9.17) is 4.74 Å². The van der Waals surface area contributed by atoms with Gasteiger partial charge in [-0.15, -0.1) is 0 Å². The van der Waals surface area contributed by atoms with Crippen molar-refractivity contribution >= 4 is 23.5 Å². The van der Waals surface area contributed by atoms with E-state index < -0.39 is 11.9 Å². The SMILES string of the molecule is CCCOC(=O)c1cccc(NC(=O)CCC(=O)OC)c1. The number of methoxy groups -OCH3 is 1. The highest BCUT2D eigenvalue weighted by atomic mass is 16.5. The highest BCUT2D eigenvalue weighted by molar-refractivity contribution is 5.95. The number of hydrogen-bond donors (Lipinski definition) is 1. The standard InChI is InChI=1S/C15H19NO5/c1-3-9-21-15(19)11-5-4-6-12(10-11)16-13(17)7-8-14(18)20-2/h4-6,10H,3,7-9H2,1-2H3,(H,16,17). The summed E-state index contributed by atoms with van der Waals surface area (Å²) in [5.74, 6) is -1.19. The fourth-order valence-electron chi connectivity index (χ4n) is 1.54. The van der Waals surface area contributed by atoms with Crippen LogP contribution in [0.3, 0.4) is 0 Å². The molecule has 1 aromatic carbocycles. The molecule has 0 aliphatic rings. The molecule has 1 rings (SSSR count). The summed E-state index contributed by atoms with van der Waals surface area (Å²) in [7, 11) is 1.27. The molecule has 1 aromatic rings. The number of rotatable bonds is 7. The van der Waals surface area contributed by atoms with Crippen molar-refractivity contribution in [3.63, 3.8) is 0 Å². The topological polar surface area (TPSA) is 81.7 Å². The molecular formula is C15H19NO5. The van der Waals surface area contributed by atoms with Crippen molar-refractivity contribution in [1.29, 1.82) is 0 Å². The van der Waals surface area contributed by atoms with E-state index in [1.165, 1.54) is 13.2 Å². The molecule has 6 nitrogen and oxygen atoms in total. The van der Waals surface area contributed by atoms with Crippen LogP contribution >= 0.6 is 0 Å². The number of anilines is 1. The molecule has 1 N–H and O–H groups in total. The number of benzene rings is 1. The number of carbonyl (C=O) groups excluding carboxylic acids is 3. The lowest BCUT2D eigenvalue weighted by atomic mass is 10.2. The number of ether oxygens (including phenoxy) is 2. The van der Waals surface area contributed by atoms with Gasteiger partial charge in [0.2, 0.25) is 5.91 Å². The Morgan fingerprint density at radius 1 is 1.19 bits per heavy atom. The summed E-state index contributed by atoms with van der Waals surface area (Å²) >= 11 is 0. The van der Waals surface area contributed by atoms with Crippen LogP contribution in [-0.4, -0.2) is 31.6 Å². The van der Waals surface area contributed by atoms with Gasteiger partial charge in [0, 0.05) is 12.1 Å². The molecule has 0 heterocycles. The molecule has 0 saturated heterocycles. The van der Waals surface area contributed by atoms with Gasteiger partial charge in [-0.05, 0) is 24.6 Å². The Kier molecular flexibility index (Phi) is 6.94. The van der Waals surface area contributed by atoms with Gasteiger partial charge < -0.3 is 14.8 Å². The van der Waals surface area contributed by atoms with Crippen LogP contribution in [0, 0.1) is 0 Å². The summed E-state index contributed by atoms with van der Waals surface area (Å²) in [6.07, 6.45) is 0.785. The number of amides is 1. The van der Waals surface area contributed by atoms with Crippen molar-refractivity contribution in [2.75, 3.05) is 19.0 Å². The van der Waals surface area contributed by atoms with Crippen molar-refractivity contribution in [1.82, 2.24) is 0 Å². The summed E-state index contributed by atoms with van der Waals surface area (Å²) in [5, 5.41) is 2.62. The minimum Gasteiger partial charge on any atom is -0.469 e. The first kappa shape index (κ1) is 16.7. The predicted octanol–water partition coefficient (Wildman–Crippen LogP) is 2.15. The van der Waals surface area contributed by atoms with Crippen molar-refractivity contribution in [2.24, 2.45) is 0 Å². The van der Waals surface area contributed by atoms with Gasteiger partial charge in [-0.25, -0.2) is 4.79 Å². The van der Waals surface area contributed by atoms with Crippen LogP contribution in [0.4, 0.5) is 5.69 Å². The molecule has 0 saturated carbocycles. The van der Waals surface area contributed by atoms with Crippen LogP contribution in [0.15, 0.2) is 24.3 Å². The van der Waals surface area contributed by atoms with Gasteiger partial charge in [-0.2, -0.15) is 0 Å². The number of hydrogen-bond acceptors (Lipinski definition) is 5. The average molecular weight is 293 g/mol. The third-order valence-corrected chi connectivity index (χ3v) is 2.60. The van der Waals surface area contributed by atoms with Crippen molar-refractivity contribution in [2.45, 2.75) is 26.2 Å². The molecule has 6 heteroatoms. The summed E-state index contributed by atoms with van der Waals surface area (Å²) in [6.45, 7) is 2.26. The van der Waals surface area contributed by atoms with Crippen LogP contribution in [0.25, 0.3) is 0 Å². The van der Waals surface area contributed by atoms with Gasteiger partial charge in [-0.3, -0.25) is 9.59 Å². The molecular weight excluding hydrogens is 274 g/mol. The van der Waals surface area contributed by atoms with E-state index in [0.717, 1.165) is 6.42 Å². The van der Waals surface area contributed by atoms with E-state index in [9.17, 15) is 14.4 Å². The zero-order chi connectivity index (χ0) is 15.7. The van der Waals surface area contributed by atoms with Crippen LogP contribution in [-0.2, 0) is 19.1 Å². The van der Waals surface area contributed by atoms with E-state index in [1.807, 2.05) is 6.92 Å². The number of esters is 2. The van der Waals surface area contributed by atoms with Gasteiger partial charge in [0.25, 0.3) is 0 Å².